The van der Waals surface area contributed by atoms with E-state index in [1.807, 2.05) is 25.1 Å². The maximum atomic E-state index is 5.97. The number of halogens is 1. The molecule has 0 saturated heterocycles. The molecule has 1 N–H and O–H groups in total. The van der Waals surface area contributed by atoms with Crippen molar-refractivity contribution in [2.24, 2.45) is 5.92 Å². The first kappa shape index (κ1) is 15.3. The van der Waals surface area contributed by atoms with Crippen molar-refractivity contribution in [2.45, 2.75) is 40.2 Å². The molecule has 0 aromatic heterocycles. The molecular formula is C15H24ClNO. The summed E-state index contributed by atoms with van der Waals surface area (Å²) < 4.78 is 5.89. The van der Waals surface area contributed by atoms with E-state index >= 15 is 0 Å². The summed E-state index contributed by atoms with van der Waals surface area (Å²) >= 11 is 5.97. The van der Waals surface area contributed by atoms with Crippen molar-refractivity contribution >= 4 is 11.6 Å². The van der Waals surface area contributed by atoms with Crippen molar-refractivity contribution in [3.8, 4) is 5.75 Å². The quantitative estimate of drug-likeness (QED) is 0.754. The van der Waals surface area contributed by atoms with Gasteiger partial charge in [0.1, 0.15) is 11.9 Å². The Hall–Kier alpha value is -0.730. The Balaban J connectivity index is 2.35. The van der Waals surface area contributed by atoms with E-state index in [0.717, 1.165) is 35.3 Å². The Morgan fingerprint density at radius 1 is 1.28 bits per heavy atom. The maximum Gasteiger partial charge on any atom is 0.124 e. The molecule has 18 heavy (non-hydrogen) atoms. The van der Waals surface area contributed by atoms with Gasteiger partial charge >= 0.3 is 0 Å². The van der Waals surface area contributed by atoms with Crippen LogP contribution >= 0.6 is 11.6 Å². The minimum Gasteiger partial charge on any atom is -0.489 e. The summed E-state index contributed by atoms with van der Waals surface area (Å²) in [5.41, 5.74) is 1.12. The lowest BCUT2D eigenvalue weighted by atomic mass is 10.1. The van der Waals surface area contributed by atoms with Crippen LogP contribution < -0.4 is 10.1 Å². The molecule has 1 aromatic carbocycles. The highest BCUT2D eigenvalue weighted by Crippen LogP contribution is 2.23. The summed E-state index contributed by atoms with van der Waals surface area (Å²) in [6.45, 7) is 10.5. The fraction of sp³-hybridized carbons (Fsp3) is 0.600. The van der Waals surface area contributed by atoms with Gasteiger partial charge in [-0.15, -0.1) is 0 Å². The molecule has 1 atom stereocenters. The van der Waals surface area contributed by atoms with E-state index in [-0.39, 0.29) is 6.10 Å². The van der Waals surface area contributed by atoms with Crippen LogP contribution in [0.3, 0.4) is 0 Å². The van der Waals surface area contributed by atoms with Crippen molar-refractivity contribution in [1.29, 1.82) is 0 Å². The standard InChI is InChI=1S/C15H24ClNO/c1-11(2)7-8-17-10-13(4)18-15-9-14(16)6-5-12(15)3/h5-6,9,11,13,17H,7-8,10H2,1-4H3. The summed E-state index contributed by atoms with van der Waals surface area (Å²) in [6.07, 6.45) is 1.34. The topological polar surface area (TPSA) is 21.3 Å². The third kappa shape index (κ3) is 5.74. The Kier molecular flexibility index (Phi) is 6.51. The van der Waals surface area contributed by atoms with E-state index in [9.17, 15) is 0 Å². The molecule has 3 heteroatoms. The first-order valence-corrected chi connectivity index (χ1v) is 7.00. The van der Waals surface area contributed by atoms with Crippen LogP contribution in [0.4, 0.5) is 0 Å². The number of ether oxygens (including phenoxy) is 1. The monoisotopic (exact) mass is 269 g/mol. The summed E-state index contributed by atoms with van der Waals surface area (Å²) in [6, 6.07) is 5.74. The molecule has 1 unspecified atom stereocenters. The number of rotatable bonds is 7. The minimum absolute atomic E-state index is 0.148. The van der Waals surface area contributed by atoms with E-state index in [1.54, 1.807) is 0 Å². The molecule has 2 nitrogen and oxygen atoms in total. The molecule has 0 aliphatic carbocycles. The van der Waals surface area contributed by atoms with Crippen LogP contribution in [0, 0.1) is 12.8 Å². The lowest BCUT2D eigenvalue weighted by Crippen LogP contribution is -2.30. The van der Waals surface area contributed by atoms with E-state index in [2.05, 4.69) is 26.1 Å². The zero-order chi connectivity index (χ0) is 13.5. The molecule has 0 heterocycles. The second-order valence-corrected chi connectivity index (χ2v) is 5.66. The van der Waals surface area contributed by atoms with Gasteiger partial charge < -0.3 is 10.1 Å². The summed E-state index contributed by atoms with van der Waals surface area (Å²) in [7, 11) is 0. The smallest absolute Gasteiger partial charge is 0.124 e. The van der Waals surface area contributed by atoms with Crippen molar-refractivity contribution in [1.82, 2.24) is 5.32 Å². The fourth-order valence-electron chi connectivity index (χ4n) is 1.66. The van der Waals surface area contributed by atoms with Gasteiger partial charge in [0.15, 0.2) is 0 Å². The highest BCUT2D eigenvalue weighted by atomic mass is 35.5. The Morgan fingerprint density at radius 3 is 2.67 bits per heavy atom. The van der Waals surface area contributed by atoms with Gasteiger partial charge in [-0.1, -0.05) is 31.5 Å². The predicted molar refractivity (Wildman–Crippen MR) is 78.6 cm³/mol. The van der Waals surface area contributed by atoms with Gasteiger partial charge in [0, 0.05) is 11.6 Å². The van der Waals surface area contributed by atoms with Gasteiger partial charge in [-0.25, -0.2) is 0 Å². The second kappa shape index (κ2) is 7.65. The summed E-state index contributed by atoms with van der Waals surface area (Å²) in [5.74, 6) is 1.62. The zero-order valence-corrected chi connectivity index (χ0v) is 12.6. The van der Waals surface area contributed by atoms with Crippen LogP contribution in [-0.2, 0) is 0 Å². The third-order valence-electron chi connectivity index (χ3n) is 2.81. The second-order valence-electron chi connectivity index (χ2n) is 5.22. The Bertz CT molecular complexity index is 366. The lowest BCUT2D eigenvalue weighted by Gasteiger charge is -2.17. The van der Waals surface area contributed by atoms with Crippen LogP contribution in [0.2, 0.25) is 5.02 Å². The number of hydrogen-bond acceptors (Lipinski definition) is 2. The maximum absolute atomic E-state index is 5.97. The SMILES string of the molecule is Cc1ccc(Cl)cc1OC(C)CNCCC(C)C. The summed E-state index contributed by atoms with van der Waals surface area (Å²) in [4.78, 5) is 0. The van der Waals surface area contributed by atoms with Gasteiger partial charge in [0.2, 0.25) is 0 Å². The number of aryl methyl sites for hydroxylation is 1. The molecule has 1 rings (SSSR count). The molecule has 0 bridgehead atoms. The number of benzene rings is 1. The lowest BCUT2D eigenvalue weighted by molar-refractivity contribution is 0.215. The van der Waals surface area contributed by atoms with Gasteiger partial charge in [0.25, 0.3) is 0 Å². The predicted octanol–water partition coefficient (Wildman–Crippen LogP) is 4.05. The van der Waals surface area contributed by atoms with Crippen LogP contribution in [0.5, 0.6) is 5.75 Å². The van der Waals surface area contributed by atoms with Crippen molar-refractivity contribution < 1.29 is 4.74 Å². The summed E-state index contributed by atoms with van der Waals surface area (Å²) in [5, 5.41) is 4.13. The third-order valence-corrected chi connectivity index (χ3v) is 3.04. The average molecular weight is 270 g/mol. The number of nitrogens with one attached hydrogen (secondary N) is 1. The molecule has 1 aromatic rings. The molecule has 102 valence electrons. The van der Waals surface area contributed by atoms with Crippen molar-refractivity contribution in [2.75, 3.05) is 13.1 Å². The van der Waals surface area contributed by atoms with Crippen molar-refractivity contribution in [3.63, 3.8) is 0 Å². The highest BCUT2D eigenvalue weighted by Gasteiger charge is 2.06. The molecular weight excluding hydrogens is 246 g/mol. The largest absolute Gasteiger partial charge is 0.489 e. The van der Waals surface area contributed by atoms with Gasteiger partial charge in [-0.3, -0.25) is 0 Å². The van der Waals surface area contributed by atoms with Gasteiger partial charge in [-0.05, 0) is 50.4 Å². The molecule has 0 aliphatic heterocycles. The average Bonchev–Trinajstić information content (AvgIpc) is 2.29. The number of hydrogen-bond donors (Lipinski definition) is 1. The molecule has 0 fully saturated rings. The Labute approximate surface area is 116 Å². The van der Waals surface area contributed by atoms with E-state index < -0.39 is 0 Å². The molecule has 0 amide bonds. The van der Waals surface area contributed by atoms with Crippen LogP contribution in [0.1, 0.15) is 32.8 Å². The molecule has 0 radical (unpaired) electrons. The molecule has 0 spiro atoms. The fourth-order valence-corrected chi connectivity index (χ4v) is 1.82. The highest BCUT2D eigenvalue weighted by molar-refractivity contribution is 6.30. The molecule has 0 aliphatic rings. The van der Waals surface area contributed by atoms with E-state index in [4.69, 9.17) is 16.3 Å². The van der Waals surface area contributed by atoms with Gasteiger partial charge in [0.05, 0.1) is 0 Å². The first-order chi connectivity index (χ1) is 8.49. The van der Waals surface area contributed by atoms with Gasteiger partial charge in [-0.2, -0.15) is 0 Å². The first-order valence-electron chi connectivity index (χ1n) is 6.62. The van der Waals surface area contributed by atoms with E-state index in [1.165, 1.54) is 6.42 Å². The minimum atomic E-state index is 0.148. The zero-order valence-electron chi connectivity index (χ0n) is 11.8. The Morgan fingerprint density at radius 2 is 2.00 bits per heavy atom. The van der Waals surface area contributed by atoms with Crippen LogP contribution in [0.15, 0.2) is 18.2 Å². The van der Waals surface area contributed by atoms with Crippen molar-refractivity contribution in [3.05, 3.63) is 28.8 Å². The van der Waals surface area contributed by atoms with Crippen LogP contribution in [0.25, 0.3) is 0 Å². The normalized spacial score (nSPS) is 12.8. The van der Waals surface area contributed by atoms with Crippen LogP contribution in [-0.4, -0.2) is 19.2 Å². The molecule has 0 saturated carbocycles. The van der Waals surface area contributed by atoms with E-state index in [0.29, 0.717) is 0 Å².